The number of allylic oxidation sites excluding steroid dienone is 1. The predicted molar refractivity (Wildman–Crippen MR) is 42.6 cm³/mol. The average Bonchev–Trinajstić information content (AvgIpc) is 2.74. The van der Waals surface area contributed by atoms with E-state index in [1.165, 1.54) is 7.11 Å². The molecule has 3 nitrogen and oxygen atoms in total. The highest BCUT2D eigenvalue weighted by atomic mass is 16.6. The molecule has 0 aromatic carbocycles. The number of carbonyl (C=O) groups is 1. The monoisotopic (exact) mass is 168 g/mol. The maximum Gasteiger partial charge on any atom is 0.336 e. The SMILES string of the molecule is COC(=O)C1=CCC[C@H]2O[C@@]12C. The first-order valence-electron chi connectivity index (χ1n) is 4.15. The summed E-state index contributed by atoms with van der Waals surface area (Å²) in [7, 11) is 1.40. The number of ether oxygens (including phenoxy) is 2. The summed E-state index contributed by atoms with van der Waals surface area (Å²) in [6, 6.07) is 0. The fraction of sp³-hybridized carbons (Fsp3) is 0.667. The van der Waals surface area contributed by atoms with E-state index >= 15 is 0 Å². The van der Waals surface area contributed by atoms with E-state index in [9.17, 15) is 4.79 Å². The zero-order valence-electron chi connectivity index (χ0n) is 7.29. The van der Waals surface area contributed by atoms with Gasteiger partial charge >= 0.3 is 5.97 Å². The van der Waals surface area contributed by atoms with Crippen LogP contribution in [0.4, 0.5) is 0 Å². The molecule has 0 unspecified atom stereocenters. The van der Waals surface area contributed by atoms with Crippen molar-refractivity contribution in [2.45, 2.75) is 31.5 Å². The fourth-order valence-electron chi connectivity index (χ4n) is 1.81. The number of esters is 1. The predicted octanol–water partition coefficient (Wildman–Crippen LogP) is 1.04. The van der Waals surface area contributed by atoms with E-state index in [0.717, 1.165) is 12.8 Å². The van der Waals surface area contributed by atoms with Crippen LogP contribution in [0, 0.1) is 0 Å². The number of carbonyl (C=O) groups excluding carboxylic acids is 1. The van der Waals surface area contributed by atoms with Crippen LogP contribution in [-0.2, 0) is 14.3 Å². The second-order valence-corrected chi connectivity index (χ2v) is 3.40. The van der Waals surface area contributed by atoms with E-state index < -0.39 is 0 Å². The molecule has 1 aliphatic heterocycles. The molecule has 0 saturated carbocycles. The molecule has 0 aromatic heterocycles. The minimum atomic E-state index is -0.328. The van der Waals surface area contributed by atoms with Gasteiger partial charge in [0.2, 0.25) is 0 Å². The Morgan fingerprint density at radius 2 is 2.58 bits per heavy atom. The maximum atomic E-state index is 11.2. The second-order valence-electron chi connectivity index (χ2n) is 3.40. The minimum absolute atomic E-state index is 0.247. The molecule has 3 heteroatoms. The van der Waals surface area contributed by atoms with Crippen LogP contribution in [0.1, 0.15) is 19.8 Å². The maximum absolute atomic E-state index is 11.2. The summed E-state index contributed by atoms with van der Waals surface area (Å²) in [4.78, 5) is 11.2. The molecule has 0 radical (unpaired) electrons. The van der Waals surface area contributed by atoms with Crippen LogP contribution in [0.3, 0.4) is 0 Å². The Balaban J connectivity index is 2.23. The van der Waals surface area contributed by atoms with E-state index in [1.807, 2.05) is 13.0 Å². The molecule has 2 aliphatic rings. The van der Waals surface area contributed by atoms with Crippen molar-refractivity contribution in [2.75, 3.05) is 7.11 Å². The van der Waals surface area contributed by atoms with Gasteiger partial charge < -0.3 is 9.47 Å². The fourth-order valence-corrected chi connectivity index (χ4v) is 1.81. The van der Waals surface area contributed by atoms with Gasteiger partial charge in [0.1, 0.15) is 5.60 Å². The van der Waals surface area contributed by atoms with Crippen molar-refractivity contribution < 1.29 is 14.3 Å². The van der Waals surface area contributed by atoms with Gasteiger partial charge in [-0.15, -0.1) is 0 Å². The number of epoxide rings is 1. The first-order valence-corrected chi connectivity index (χ1v) is 4.15. The summed E-state index contributed by atoms with van der Waals surface area (Å²) in [5, 5.41) is 0. The van der Waals surface area contributed by atoms with Crippen LogP contribution in [0.25, 0.3) is 0 Å². The van der Waals surface area contributed by atoms with Gasteiger partial charge in [-0.25, -0.2) is 4.79 Å². The Morgan fingerprint density at radius 3 is 3.25 bits per heavy atom. The number of hydrogen-bond donors (Lipinski definition) is 0. The van der Waals surface area contributed by atoms with Crippen molar-refractivity contribution >= 4 is 5.97 Å². The van der Waals surface area contributed by atoms with Gasteiger partial charge in [0, 0.05) is 0 Å². The topological polar surface area (TPSA) is 38.8 Å². The molecule has 2 rings (SSSR count). The van der Waals surface area contributed by atoms with Gasteiger partial charge in [-0.3, -0.25) is 0 Å². The van der Waals surface area contributed by atoms with Crippen LogP contribution in [-0.4, -0.2) is 24.8 Å². The summed E-state index contributed by atoms with van der Waals surface area (Å²) in [6.07, 6.45) is 4.12. The van der Waals surface area contributed by atoms with Crippen LogP contribution < -0.4 is 0 Å². The van der Waals surface area contributed by atoms with Crippen molar-refractivity contribution in [1.82, 2.24) is 0 Å². The second kappa shape index (κ2) is 2.33. The third-order valence-electron chi connectivity index (χ3n) is 2.66. The lowest BCUT2D eigenvalue weighted by Gasteiger charge is -2.13. The number of methoxy groups -OCH3 is 1. The highest BCUT2D eigenvalue weighted by Crippen LogP contribution is 2.48. The van der Waals surface area contributed by atoms with Crippen LogP contribution in [0.15, 0.2) is 11.6 Å². The smallest absolute Gasteiger partial charge is 0.336 e. The molecular formula is C9H12O3. The van der Waals surface area contributed by atoms with Crippen molar-refractivity contribution in [3.05, 3.63) is 11.6 Å². The summed E-state index contributed by atoms with van der Waals surface area (Å²) in [6.45, 7) is 1.94. The van der Waals surface area contributed by atoms with E-state index in [-0.39, 0.29) is 17.7 Å². The largest absolute Gasteiger partial charge is 0.466 e. The summed E-state index contributed by atoms with van der Waals surface area (Å²) < 4.78 is 10.1. The van der Waals surface area contributed by atoms with Gasteiger partial charge in [0.05, 0.1) is 18.8 Å². The van der Waals surface area contributed by atoms with Gasteiger partial charge in [-0.1, -0.05) is 6.08 Å². The third kappa shape index (κ3) is 0.894. The van der Waals surface area contributed by atoms with Gasteiger partial charge in [-0.2, -0.15) is 0 Å². The van der Waals surface area contributed by atoms with Crippen molar-refractivity contribution in [2.24, 2.45) is 0 Å². The minimum Gasteiger partial charge on any atom is -0.466 e. The Labute approximate surface area is 71.3 Å². The zero-order valence-corrected chi connectivity index (χ0v) is 7.29. The molecule has 0 spiro atoms. The van der Waals surface area contributed by atoms with E-state index in [2.05, 4.69) is 4.74 Å². The first-order chi connectivity index (χ1) is 5.68. The van der Waals surface area contributed by atoms with Crippen LogP contribution in [0.5, 0.6) is 0 Å². The van der Waals surface area contributed by atoms with Gasteiger partial charge in [0.25, 0.3) is 0 Å². The molecule has 12 heavy (non-hydrogen) atoms. The van der Waals surface area contributed by atoms with Gasteiger partial charge in [0.15, 0.2) is 0 Å². The van der Waals surface area contributed by atoms with Crippen LogP contribution in [0.2, 0.25) is 0 Å². The van der Waals surface area contributed by atoms with Crippen molar-refractivity contribution in [3.8, 4) is 0 Å². The Kier molecular flexibility index (Phi) is 1.51. The number of fused-ring (bicyclic) bond motifs is 1. The molecule has 1 saturated heterocycles. The Bertz CT molecular complexity index is 256. The lowest BCUT2D eigenvalue weighted by molar-refractivity contribution is -0.136. The summed E-state index contributed by atoms with van der Waals surface area (Å²) >= 11 is 0. The lowest BCUT2D eigenvalue weighted by atomic mass is 9.89. The molecule has 0 aromatic rings. The van der Waals surface area contributed by atoms with E-state index in [0.29, 0.717) is 5.57 Å². The number of hydrogen-bond acceptors (Lipinski definition) is 3. The highest BCUT2D eigenvalue weighted by molar-refractivity contribution is 5.91. The molecule has 1 heterocycles. The number of rotatable bonds is 1. The van der Waals surface area contributed by atoms with Crippen molar-refractivity contribution in [3.63, 3.8) is 0 Å². The van der Waals surface area contributed by atoms with Crippen molar-refractivity contribution in [1.29, 1.82) is 0 Å². The third-order valence-corrected chi connectivity index (χ3v) is 2.66. The van der Waals surface area contributed by atoms with Gasteiger partial charge in [-0.05, 0) is 19.8 Å². The zero-order chi connectivity index (χ0) is 8.77. The normalized spacial score (nSPS) is 38.2. The van der Waals surface area contributed by atoms with Crippen LogP contribution >= 0.6 is 0 Å². The lowest BCUT2D eigenvalue weighted by Crippen LogP contribution is -2.24. The molecule has 0 bridgehead atoms. The average molecular weight is 168 g/mol. The van der Waals surface area contributed by atoms with E-state index in [1.54, 1.807) is 0 Å². The Morgan fingerprint density at radius 1 is 1.83 bits per heavy atom. The standard InChI is InChI=1S/C9H12O3/c1-9-6(8(10)11-2)4-3-5-7(9)12-9/h4,7H,3,5H2,1-2H3/t7-,9+/m1/s1. The molecule has 0 amide bonds. The summed E-state index contributed by atoms with van der Waals surface area (Å²) in [5.41, 5.74) is 0.368. The quantitative estimate of drug-likeness (QED) is 0.433. The molecule has 1 fully saturated rings. The Hall–Kier alpha value is -0.830. The first kappa shape index (κ1) is 7.80. The molecule has 2 atom stereocenters. The molecular weight excluding hydrogens is 156 g/mol. The summed E-state index contributed by atoms with van der Waals surface area (Å²) in [5.74, 6) is -0.250. The highest BCUT2D eigenvalue weighted by Gasteiger charge is 2.58. The molecule has 1 aliphatic carbocycles. The molecule has 66 valence electrons. The van der Waals surface area contributed by atoms with E-state index in [4.69, 9.17) is 4.74 Å². The molecule has 0 N–H and O–H groups in total.